The summed E-state index contributed by atoms with van der Waals surface area (Å²) < 4.78 is 2.34. The van der Waals surface area contributed by atoms with Crippen molar-refractivity contribution in [2.24, 2.45) is 4.99 Å². The highest BCUT2D eigenvalue weighted by molar-refractivity contribution is 9.10. The van der Waals surface area contributed by atoms with Gasteiger partial charge in [-0.1, -0.05) is 31.9 Å². The van der Waals surface area contributed by atoms with Crippen molar-refractivity contribution in [1.82, 2.24) is 9.55 Å². The van der Waals surface area contributed by atoms with E-state index in [1.807, 2.05) is 6.92 Å². The number of aryl methyl sites for hydroxylation is 3. The van der Waals surface area contributed by atoms with Gasteiger partial charge in [-0.2, -0.15) is 0 Å². The fourth-order valence-electron chi connectivity index (χ4n) is 3.24. The zero-order chi connectivity index (χ0) is 23.9. The molecule has 0 saturated carbocycles. The first kappa shape index (κ1) is 23.6. The molecular weight excluding hydrogens is 548 g/mol. The Morgan fingerprint density at radius 2 is 1.69 bits per heavy atom. The molecule has 0 aliphatic heterocycles. The Labute approximate surface area is 198 Å². The van der Waals surface area contributed by atoms with Crippen LogP contribution in [-0.2, 0) is 0 Å². The van der Waals surface area contributed by atoms with Crippen LogP contribution in [0.4, 0.5) is 11.4 Å². The van der Waals surface area contributed by atoms with E-state index >= 15 is 0 Å². The lowest BCUT2D eigenvalue weighted by Crippen LogP contribution is -2.31. The van der Waals surface area contributed by atoms with E-state index in [2.05, 4.69) is 41.8 Å². The number of aromatic amines is 1. The van der Waals surface area contributed by atoms with Crippen LogP contribution in [0, 0.1) is 37.8 Å². The van der Waals surface area contributed by atoms with Gasteiger partial charge in [-0.25, -0.2) is 14.4 Å². The van der Waals surface area contributed by atoms with Crippen molar-refractivity contribution < 1.29 is 10.0 Å². The Morgan fingerprint density at radius 3 is 2.31 bits per heavy atom. The molecule has 0 fully saturated rings. The summed E-state index contributed by atoms with van der Waals surface area (Å²) in [5.41, 5.74) is 0.550. The minimum Gasteiger partial charge on any atom is -0.493 e. The predicted molar refractivity (Wildman–Crippen MR) is 129 cm³/mol. The van der Waals surface area contributed by atoms with Crippen LogP contribution in [0.3, 0.4) is 0 Å². The molecule has 0 spiro atoms. The van der Waals surface area contributed by atoms with Crippen LogP contribution in [-0.4, -0.2) is 25.8 Å². The number of halogens is 2. The third kappa shape index (κ3) is 4.17. The number of H-pyrrole nitrogens is 1. The standard InChI is InChI=1S/C21H18Br2N4O5/c1-9-7-16(10(2)5-14(9)22)26-20(29)13(19(28)25-21(26)30)8-24-17-11(3)6-15(23)12(4)18(17)27(31)32/h5-8,29H,1-4H3,(H,25,28,30). The average molecular weight is 566 g/mol. The lowest BCUT2D eigenvalue weighted by molar-refractivity contribution is -0.384. The number of rotatable bonds is 4. The normalized spacial score (nSPS) is 11.3. The Balaban J connectivity index is 2.26. The molecule has 0 unspecified atom stereocenters. The van der Waals surface area contributed by atoms with Crippen molar-refractivity contribution in [3.63, 3.8) is 0 Å². The molecular formula is C21H18Br2N4O5. The molecule has 0 aliphatic rings. The fourth-order valence-corrected chi connectivity index (χ4v) is 4.23. The van der Waals surface area contributed by atoms with Gasteiger partial charge in [0.25, 0.3) is 11.2 Å². The van der Waals surface area contributed by atoms with Gasteiger partial charge in [-0.15, -0.1) is 0 Å². The van der Waals surface area contributed by atoms with E-state index < -0.39 is 22.1 Å². The molecule has 0 amide bonds. The van der Waals surface area contributed by atoms with Gasteiger partial charge in [0.05, 0.1) is 10.6 Å². The fraction of sp³-hybridized carbons (Fsp3) is 0.190. The van der Waals surface area contributed by atoms with Crippen LogP contribution in [0.1, 0.15) is 27.8 Å². The monoisotopic (exact) mass is 564 g/mol. The molecule has 1 heterocycles. The summed E-state index contributed by atoms with van der Waals surface area (Å²) in [6.45, 7) is 6.79. The topological polar surface area (TPSA) is 131 Å². The van der Waals surface area contributed by atoms with Gasteiger partial charge in [0.15, 0.2) is 0 Å². The van der Waals surface area contributed by atoms with E-state index in [1.54, 1.807) is 39.0 Å². The van der Waals surface area contributed by atoms with Crippen LogP contribution in [0.2, 0.25) is 0 Å². The zero-order valence-electron chi connectivity index (χ0n) is 17.5. The molecule has 166 valence electrons. The number of aliphatic imine (C=N–C) groups is 1. The second kappa shape index (κ2) is 8.83. The molecule has 0 atom stereocenters. The highest BCUT2D eigenvalue weighted by Crippen LogP contribution is 2.38. The lowest BCUT2D eigenvalue weighted by Gasteiger charge is -2.14. The third-order valence-corrected chi connectivity index (χ3v) is 6.68. The minimum absolute atomic E-state index is 0.0444. The van der Waals surface area contributed by atoms with Crippen molar-refractivity contribution in [1.29, 1.82) is 0 Å². The number of aromatic hydroxyl groups is 1. The second-order valence-corrected chi connectivity index (χ2v) is 8.94. The molecule has 0 bridgehead atoms. The Hall–Kier alpha value is -3.05. The molecule has 3 aromatic rings. The van der Waals surface area contributed by atoms with Crippen molar-refractivity contribution >= 4 is 49.4 Å². The van der Waals surface area contributed by atoms with Crippen molar-refractivity contribution in [3.8, 4) is 11.6 Å². The third-order valence-electron chi connectivity index (χ3n) is 5.00. The first-order chi connectivity index (χ1) is 14.9. The molecule has 0 radical (unpaired) electrons. The largest absolute Gasteiger partial charge is 0.493 e. The smallest absolute Gasteiger partial charge is 0.335 e. The Morgan fingerprint density at radius 1 is 1.06 bits per heavy atom. The molecule has 0 saturated heterocycles. The van der Waals surface area contributed by atoms with Gasteiger partial charge in [0.1, 0.15) is 11.3 Å². The van der Waals surface area contributed by atoms with E-state index in [9.17, 15) is 24.8 Å². The van der Waals surface area contributed by atoms with Crippen LogP contribution >= 0.6 is 31.9 Å². The number of nitrogens with zero attached hydrogens (tertiary/aromatic N) is 3. The number of nitro benzene ring substituents is 1. The van der Waals surface area contributed by atoms with E-state index in [0.29, 0.717) is 26.9 Å². The molecule has 1 aromatic heterocycles. The van der Waals surface area contributed by atoms with Crippen LogP contribution in [0.15, 0.2) is 41.7 Å². The summed E-state index contributed by atoms with van der Waals surface area (Å²) in [7, 11) is 0. The maximum Gasteiger partial charge on any atom is 0.335 e. The number of benzene rings is 2. The first-order valence-electron chi connectivity index (χ1n) is 9.27. The molecule has 11 heteroatoms. The summed E-state index contributed by atoms with van der Waals surface area (Å²) in [5.74, 6) is -0.624. The van der Waals surface area contributed by atoms with Gasteiger partial charge in [0, 0.05) is 20.7 Å². The SMILES string of the molecule is Cc1cc(-n2c(O)c(C=Nc3c(C)cc(Br)c(C)c3[N+](=O)[O-])c(=O)[nH]c2=O)c(C)cc1Br. The van der Waals surface area contributed by atoms with Gasteiger partial charge in [-0.05, 0) is 62.6 Å². The number of hydrogen-bond acceptors (Lipinski definition) is 6. The van der Waals surface area contributed by atoms with Gasteiger partial charge in [0.2, 0.25) is 5.88 Å². The van der Waals surface area contributed by atoms with Crippen molar-refractivity contribution in [2.45, 2.75) is 27.7 Å². The van der Waals surface area contributed by atoms with E-state index in [4.69, 9.17) is 0 Å². The van der Waals surface area contributed by atoms with E-state index in [-0.39, 0.29) is 16.9 Å². The Kier molecular flexibility index (Phi) is 6.51. The molecule has 2 aromatic carbocycles. The number of aromatic nitrogens is 2. The quantitative estimate of drug-likeness (QED) is 0.270. The van der Waals surface area contributed by atoms with E-state index in [1.165, 1.54) is 0 Å². The number of nitro groups is 1. The van der Waals surface area contributed by atoms with Crippen molar-refractivity contribution in [3.05, 3.63) is 85.9 Å². The molecule has 2 N–H and O–H groups in total. The van der Waals surface area contributed by atoms with E-state index in [0.717, 1.165) is 20.8 Å². The molecule has 3 rings (SSSR count). The summed E-state index contributed by atoms with van der Waals surface area (Å²) >= 11 is 6.70. The van der Waals surface area contributed by atoms with Gasteiger partial charge >= 0.3 is 5.69 Å². The molecule has 32 heavy (non-hydrogen) atoms. The Bertz CT molecular complexity index is 1420. The number of hydrogen-bond donors (Lipinski definition) is 2. The minimum atomic E-state index is -0.867. The average Bonchev–Trinajstić information content (AvgIpc) is 2.68. The second-order valence-electron chi connectivity index (χ2n) is 7.23. The maximum atomic E-state index is 12.5. The van der Waals surface area contributed by atoms with Crippen LogP contribution < -0.4 is 11.2 Å². The highest BCUT2D eigenvalue weighted by atomic mass is 79.9. The van der Waals surface area contributed by atoms with Gasteiger partial charge in [-0.3, -0.25) is 19.9 Å². The number of nitrogens with one attached hydrogen (secondary N) is 1. The summed E-state index contributed by atoms with van der Waals surface area (Å²) in [6.07, 6.45) is 1.02. The molecule has 9 nitrogen and oxygen atoms in total. The molecule has 0 aliphatic carbocycles. The summed E-state index contributed by atoms with van der Waals surface area (Å²) in [5, 5.41) is 22.4. The predicted octanol–water partition coefficient (Wildman–Crippen LogP) is 4.65. The van der Waals surface area contributed by atoms with Crippen molar-refractivity contribution in [2.75, 3.05) is 0 Å². The van der Waals surface area contributed by atoms with Gasteiger partial charge < -0.3 is 5.11 Å². The lowest BCUT2D eigenvalue weighted by atomic mass is 10.1. The first-order valence-corrected chi connectivity index (χ1v) is 10.9. The van der Waals surface area contributed by atoms with Crippen LogP contribution in [0.5, 0.6) is 5.88 Å². The summed E-state index contributed by atoms with van der Waals surface area (Å²) in [6, 6.07) is 5.15. The zero-order valence-corrected chi connectivity index (χ0v) is 20.7. The highest BCUT2D eigenvalue weighted by Gasteiger charge is 2.22. The van der Waals surface area contributed by atoms with Crippen LogP contribution in [0.25, 0.3) is 5.69 Å². The maximum absolute atomic E-state index is 12.5. The summed E-state index contributed by atoms with van der Waals surface area (Å²) in [4.78, 5) is 42.3.